The molecule has 0 spiro atoms. The Balaban J connectivity index is 2.63. The average molecular weight is 291 g/mol. The summed E-state index contributed by atoms with van der Waals surface area (Å²) in [5, 5.41) is -0.0114. The van der Waals surface area contributed by atoms with E-state index in [0.29, 0.717) is 0 Å². The van der Waals surface area contributed by atoms with E-state index in [9.17, 15) is 17.6 Å². The maximum atomic E-state index is 13.7. The quantitative estimate of drug-likeness (QED) is 0.732. The van der Waals surface area contributed by atoms with Crippen LogP contribution in [0.25, 0.3) is 11.1 Å². The molecule has 2 rings (SSSR count). The third kappa shape index (κ3) is 2.81. The van der Waals surface area contributed by atoms with Gasteiger partial charge in [-0.2, -0.15) is 8.78 Å². The molecule has 0 saturated carbocycles. The normalized spacial score (nSPS) is 10.8. The molecule has 0 aliphatic rings. The molecule has 0 atom stereocenters. The van der Waals surface area contributed by atoms with Gasteiger partial charge in [0, 0.05) is 11.1 Å². The summed E-state index contributed by atoms with van der Waals surface area (Å²) in [6.45, 7) is -3.09. The van der Waals surface area contributed by atoms with Crippen LogP contribution < -0.4 is 4.74 Å². The number of benzene rings is 2. The molecule has 0 N–H and O–H groups in total. The largest absolute Gasteiger partial charge is 0.434 e. The highest BCUT2D eigenvalue weighted by Crippen LogP contribution is 2.38. The lowest BCUT2D eigenvalue weighted by Gasteiger charge is -2.13. The molecule has 0 aliphatic heterocycles. The van der Waals surface area contributed by atoms with Gasteiger partial charge in [-0.1, -0.05) is 29.8 Å². The molecule has 0 fully saturated rings. The van der Waals surface area contributed by atoms with Crippen LogP contribution in [-0.4, -0.2) is 6.61 Å². The molecule has 0 bridgehead atoms. The van der Waals surface area contributed by atoms with E-state index in [-0.39, 0.29) is 21.9 Å². The molecule has 0 aliphatic carbocycles. The van der Waals surface area contributed by atoms with Gasteiger partial charge in [-0.3, -0.25) is 0 Å². The first-order valence-electron chi connectivity index (χ1n) is 5.18. The van der Waals surface area contributed by atoms with Gasteiger partial charge in [-0.25, -0.2) is 8.78 Å². The van der Waals surface area contributed by atoms with Crippen LogP contribution in [0.3, 0.4) is 0 Å². The minimum absolute atomic E-state index is 0.0114. The molecule has 6 heteroatoms. The monoisotopic (exact) mass is 290 g/mol. The van der Waals surface area contributed by atoms with Crippen molar-refractivity contribution >= 4 is 11.6 Å². The van der Waals surface area contributed by atoms with Crippen molar-refractivity contribution in [3.05, 3.63) is 53.1 Å². The zero-order valence-corrected chi connectivity index (χ0v) is 10.1. The summed E-state index contributed by atoms with van der Waals surface area (Å²) >= 11 is 5.86. The van der Waals surface area contributed by atoms with Crippen molar-refractivity contribution in [1.29, 1.82) is 0 Å². The van der Waals surface area contributed by atoms with E-state index in [1.165, 1.54) is 30.3 Å². The Bertz CT molecular complexity index is 601. The summed E-state index contributed by atoms with van der Waals surface area (Å²) in [6.07, 6.45) is 0. The van der Waals surface area contributed by atoms with E-state index in [4.69, 9.17) is 11.6 Å². The standard InChI is InChI=1S/C13H7ClF4O/c14-8-4-2-6-10(19-13(17)18)11(8)7-3-1-5-9(15)12(7)16/h1-6,13H. The van der Waals surface area contributed by atoms with E-state index in [1.807, 2.05) is 0 Å². The van der Waals surface area contributed by atoms with Gasteiger partial charge in [0.2, 0.25) is 0 Å². The maximum Gasteiger partial charge on any atom is 0.387 e. The number of halogens is 5. The zero-order chi connectivity index (χ0) is 14.0. The third-order valence-electron chi connectivity index (χ3n) is 2.41. The second-order valence-electron chi connectivity index (χ2n) is 3.59. The average Bonchev–Trinajstić information content (AvgIpc) is 2.33. The van der Waals surface area contributed by atoms with E-state index in [1.54, 1.807) is 0 Å². The SMILES string of the molecule is Fc1cccc(-c2c(Cl)cccc2OC(F)F)c1F. The molecule has 100 valence electrons. The van der Waals surface area contributed by atoms with Crippen LogP contribution >= 0.6 is 11.6 Å². The van der Waals surface area contributed by atoms with Crippen molar-refractivity contribution < 1.29 is 22.3 Å². The molecule has 2 aromatic rings. The zero-order valence-electron chi connectivity index (χ0n) is 9.34. The fourth-order valence-electron chi connectivity index (χ4n) is 1.66. The maximum absolute atomic E-state index is 13.7. The summed E-state index contributed by atoms with van der Waals surface area (Å²) in [6, 6.07) is 7.36. The predicted molar refractivity (Wildman–Crippen MR) is 63.4 cm³/mol. The lowest BCUT2D eigenvalue weighted by molar-refractivity contribution is -0.0494. The molecule has 0 saturated heterocycles. The van der Waals surface area contributed by atoms with Crippen LogP contribution in [0.2, 0.25) is 5.02 Å². The Labute approximate surface area is 111 Å². The van der Waals surface area contributed by atoms with Crippen molar-refractivity contribution in [3.8, 4) is 16.9 Å². The fraction of sp³-hybridized carbons (Fsp3) is 0.0769. The number of hydrogen-bond acceptors (Lipinski definition) is 1. The fourth-order valence-corrected chi connectivity index (χ4v) is 1.92. The van der Waals surface area contributed by atoms with Gasteiger partial charge in [0.1, 0.15) is 5.75 Å². The molecule has 0 heterocycles. The smallest absolute Gasteiger partial charge is 0.387 e. The summed E-state index contributed by atoms with van der Waals surface area (Å²) in [7, 11) is 0. The molecule has 2 aromatic carbocycles. The molecular weight excluding hydrogens is 284 g/mol. The van der Waals surface area contributed by atoms with E-state index in [2.05, 4.69) is 4.74 Å². The van der Waals surface area contributed by atoms with Crippen LogP contribution in [0.4, 0.5) is 17.6 Å². The summed E-state index contributed by atoms with van der Waals surface area (Å²) < 4.78 is 55.7. The van der Waals surface area contributed by atoms with Crippen LogP contribution in [-0.2, 0) is 0 Å². The second kappa shape index (κ2) is 5.48. The molecule has 0 amide bonds. The lowest BCUT2D eigenvalue weighted by atomic mass is 10.0. The van der Waals surface area contributed by atoms with Gasteiger partial charge >= 0.3 is 6.61 Å². The number of ether oxygens (including phenoxy) is 1. The summed E-state index contributed by atoms with van der Waals surface area (Å²) in [5.74, 6) is -2.58. The van der Waals surface area contributed by atoms with Gasteiger partial charge in [-0.15, -0.1) is 0 Å². The Kier molecular flexibility index (Phi) is 3.95. The van der Waals surface area contributed by atoms with Crippen molar-refractivity contribution in [2.75, 3.05) is 0 Å². The molecule has 1 nitrogen and oxygen atoms in total. The summed E-state index contributed by atoms with van der Waals surface area (Å²) in [4.78, 5) is 0. The first kappa shape index (κ1) is 13.7. The Morgan fingerprint density at radius 3 is 2.37 bits per heavy atom. The van der Waals surface area contributed by atoms with Crippen LogP contribution in [0.1, 0.15) is 0 Å². The van der Waals surface area contributed by atoms with Gasteiger partial charge in [0.15, 0.2) is 11.6 Å². The number of rotatable bonds is 3. The highest BCUT2D eigenvalue weighted by atomic mass is 35.5. The summed E-state index contributed by atoms with van der Waals surface area (Å²) in [5.41, 5.74) is -0.345. The Morgan fingerprint density at radius 1 is 1.00 bits per heavy atom. The van der Waals surface area contributed by atoms with E-state index < -0.39 is 18.2 Å². The van der Waals surface area contributed by atoms with Crippen LogP contribution in [0, 0.1) is 11.6 Å². The highest BCUT2D eigenvalue weighted by Gasteiger charge is 2.19. The van der Waals surface area contributed by atoms with Crippen molar-refractivity contribution in [1.82, 2.24) is 0 Å². The molecular formula is C13H7ClF4O. The lowest BCUT2D eigenvalue weighted by Crippen LogP contribution is -2.04. The van der Waals surface area contributed by atoms with E-state index >= 15 is 0 Å². The van der Waals surface area contributed by atoms with Crippen LogP contribution in [0.15, 0.2) is 36.4 Å². The van der Waals surface area contributed by atoms with Crippen molar-refractivity contribution in [3.63, 3.8) is 0 Å². The number of hydrogen-bond donors (Lipinski definition) is 0. The first-order chi connectivity index (χ1) is 9.00. The molecule has 19 heavy (non-hydrogen) atoms. The highest BCUT2D eigenvalue weighted by molar-refractivity contribution is 6.33. The van der Waals surface area contributed by atoms with Crippen LogP contribution in [0.5, 0.6) is 5.75 Å². The van der Waals surface area contributed by atoms with Gasteiger partial charge in [0.25, 0.3) is 0 Å². The predicted octanol–water partition coefficient (Wildman–Crippen LogP) is 4.89. The number of alkyl halides is 2. The first-order valence-corrected chi connectivity index (χ1v) is 5.56. The van der Waals surface area contributed by atoms with Gasteiger partial charge in [0.05, 0.1) is 5.02 Å². The Hall–Kier alpha value is -1.75. The molecule has 0 radical (unpaired) electrons. The van der Waals surface area contributed by atoms with Gasteiger partial charge in [-0.05, 0) is 18.2 Å². The molecule has 0 unspecified atom stereocenters. The third-order valence-corrected chi connectivity index (χ3v) is 2.73. The minimum atomic E-state index is -3.09. The van der Waals surface area contributed by atoms with E-state index in [0.717, 1.165) is 6.07 Å². The minimum Gasteiger partial charge on any atom is -0.434 e. The van der Waals surface area contributed by atoms with Crippen molar-refractivity contribution in [2.24, 2.45) is 0 Å². The van der Waals surface area contributed by atoms with Crippen molar-refractivity contribution in [2.45, 2.75) is 6.61 Å². The topological polar surface area (TPSA) is 9.23 Å². The second-order valence-corrected chi connectivity index (χ2v) is 4.00. The van der Waals surface area contributed by atoms with Gasteiger partial charge < -0.3 is 4.74 Å². The Morgan fingerprint density at radius 2 is 1.68 bits per heavy atom. The molecule has 0 aromatic heterocycles.